The highest BCUT2D eigenvalue weighted by Crippen LogP contribution is 2.48. The topological polar surface area (TPSA) is 29.5 Å². The van der Waals surface area contributed by atoms with E-state index in [2.05, 4.69) is 6.26 Å². The fraction of sp³-hybridized carbons (Fsp3) is 0.818. The molecule has 80 valence electrons. The van der Waals surface area contributed by atoms with Crippen LogP contribution < -0.4 is 0 Å². The number of hydrogen-bond acceptors (Lipinski definition) is 3. The van der Waals surface area contributed by atoms with Crippen molar-refractivity contribution in [2.75, 3.05) is 12.9 Å². The Morgan fingerprint density at radius 1 is 1.50 bits per heavy atom. The predicted molar refractivity (Wildman–Crippen MR) is 59.4 cm³/mol. The molecule has 2 aliphatic rings. The van der Waals surface area contributed by atoms with Gasteiger partial charge in [-0.3, -0.25) is 0 Å². The first-order valence-corrected chi connectivity index (χ1v) is 6.55. The van der Waals surface area contributed by atoms with Crippen LogP contribution in [-0.2, 0) is 4.74 Å². The summed E-state index contributed by atoms with van der Waals surface area (Å²) in [6.45, 7) is 0.808. The number of hydrogen-bond donors (Lipinski definition) is 1. The van der Waals surface area contributed by atoms with Gasteiger partial charge in [-0.1, -0.05) is 6.42 Å². The fourth-order valence-electron chi connectivity index (χ4n) is 2.24. The summed E-state index contributed by atoms with van der Waals surface area (Å²) >= 11 is 1.81. The first-order chi connectivity index (χ1) is 6.78. The Balaban J connectivity index is 2.05. The van der Waals surface area contributed by atoms with Gasteiger partial charge in [-0.25, -0.2) is 0 Å². The Morgan fingerprint density at radius 3 is 2.71 bits per heavy atom. The molecule has 1 heterocycles. The number of rotatable bonds is 3. The molecule has 3 heteroatoms. The molecule has 14 heavy (non-hydrogen) atoms. The van der Waals surface area contributed by atoms with Crippen molar-refractivity contribution in [3.63, 3.8) is 0 Å². The molecule has 0 amide bonds. The lowest BCUT2D eigenvalue weighted by atomic mass is 9.76. The molecule has 0 aromatic carbocycles. The largest absolute Gasteiger partial charge is 0.501 e. The second-order valence-electron chi connectivity index (χ2n) is 4.19. The number of thioether (sulfide) groups is 1. The van der Waals surface area contributed by atoms with E-state index in [4.69, 9.17) is 4.74 Å². The van der Waals surface area contributed by atoms with Crippen molar-refractivity contribution in [3.05, 3.63) is 11.8 Å². The molecule has 1 N–H and O–H groups in total. The van der Waals surface area contributed by atoms with E-state index in [0.29, 0.717) is 0 Å². The molecular weight excluding hydrogens is 196 g/mol. The maximum atomic E-state index is 10.3. The first kappa shape index (κ1) is 10.4. The maximum Gasteiger partial charge on any atom is 0.0928 e. The van der Waals surface area contributed by atoms with Crippen molar-refractivity contribution < 1.29 is 9.84 Å². The lowest BCUT2D eigenvalue weighted by Gasteiger charge is -2.45. The molecule has 1 aliphatic carbocycles. The summed E-state index contributed by atoms with van der Waals surface area (Å²) in [6.07, 6.45) is 9.20. The molecule has 1 fully saturated rings. The van der Waals surface area contributed by atoms with Crippen LogP contribution in [0.4, 0.5) is 0 Å². The molecule has 2 rings (SSSR count). The van der Waals surface area contributed by atoms with E-state index in [1.165, 1.54) is 6.42 Å². The molecule has 0 bridgehead atoms. The summed E-state index contributed by atoms with van der Waals surface area (Å²) in [5, 5.41) is 10.3. The normalized spacial score (nSPS) is 27.1. The fourth-order valence-corrected chi connectivity index (χ4v) is 3.31. The van der Waals surface area contributed by atoms with Crippen molar-refractivity contribution in [1.82, 2.24) is 0 Å². The third kappa shape index (κ3) is 1.68. The molecule has 0 spiro atoms. The van der Waals surface area contributed by atoms with Crippen LogP contribution in [0.2, 0.25) is 0 Å². The van der Waals surface area contributed by atoms with Crippen molar-refractivity contribution in [2.45, 2.75) is 43.0 Å². The Bertz CT molecular complexity index is 228. The third-order valence-electron chi connectivity index (χ3n) is 3.42. The minimum Gasteiger partial charge on any atom is -0.501 e. The highest BCUT2D eigenvalue weighted by molar-refractivity contribution is 8.00. The number of aliphatic hydroxyl groups excluding tert-OH is 1. The minimum absolute atomic E-state index is 0.104. The Labute approximate surface area is 89.7 Å². The summed E-state index contributed by atoms with van der Waals surface area (Å²) in [5.74, 6) is 0. The second-order valence-corrected chi connectivity index (χ2v) is 5.41. The Hall–Kier alpha value is -0.150. The van der Waals surface area contributed by atoms with Crippen LogP contribution in [0.5, 0.6) is 0 Å². The SMILES string of the molecule is CSC1(C(O)C2=COCCC2)CCC1. The molecule has 0 aromatic rings. The van der Waals surface area contributed by atoms with Crippen molar-refractivity contribution >= 4 is 11.8 Å². The minimum atomic E-state index is -0.286. The van der Waals surface area contributed by atoms with Gasteiger partial charge < -0.3 is 9.84 Å². The van der Waals surface area contributed by atoms with Crippen LogP contribution in [0, 0.1) is 0 Å². The van der Waals surface area contributed by atoms with Gasteiger partial charge in [0.2, 0.25) is 0 Å². The van der Waals surface area contributed by atoms with E-state index in [-0.39, 0.29) is 10.9 Å². The Morgan fingerprint density at radius 2 is 2.29 bits per heavy atom. The third-order valence-corrected chi connectivity index (χ3v) is 4.86. The van der Waals surface area contributed by atoms with E-state index < -0.39 is 0 Å². The van der Waals surface area contributed by atoms with Gasteiger partial charge >= 0.3 is 0 Å². The average Bonchev–Trinajstić information content (AvgIpc) is 2.18. The van der Waals surface area contributed by atoms with E-state index in [1.807, 2.05) is 11.8 Å². The summed E-state index contributed by atoms with van der Waals surface area (Å²) in [4.78, 5) is 0. The average molecular weight is 214 g/mol. The van der Waals surface area contributed by atoms with Crippen LogP contribution in [0.15, 0.2) is 11.8 Å². The van der Waals surface area contributed by atoms with E-state index >= 15 is 0 Å². The number of aliphatic hydroxyl groups is 1. The van der Waals surface area contributed by atoms with Crippen LogP contribution in [0.25, 0.3) is 0 Å². The highest BCUT2D eigenvalue weighted by Gasteiger charge is 2.44. The zero-order chi connectivity index (χ0) is 10.0. The lowest BCUT2D eigenvalue weighted by Crippen LogP contribution is -2.46. The summed E-state index contributed by atoms with van der Waals surface area (Å²) in [6, 6.07) is 0. The van der Waals surface area contributed by atoms with E-state index in [9.17, 15) is 5.11 Å². The smallest absolute Gasteiger partial charge is 0.0928 e. The van der Waals surface area contributed by atoms with Crippen molar-refractivity contribution in [2.24, 2.45) is 0 Å². The van der Waals surface area contributed by atoms with Gasteiger partial charge in [0.25, 0.3) is 0 Å². The van der Waals surface area contributed by atoms with Crippen LogP contribution in [0.1, 0.15) is 32.1 Å². The van der Waals surface area contributed by atoms with Crippen LogP contribution in [-0.4, -0.2) is 28.8 Å². The van der Waals surface area contributed by atoms with Crippen molar-refractivity contribution in [3.8, 4) is 0 Å². The van der Waals surface area contributed by atoms with Crippen molar-refractivity contribution in [1.29, 1.82) is 0 Å². The van der Waals surface area contributed by atoms with Gasteiger partial charge in [0, 0.05) is 4.75 Å². The highest BCUT2D eigenvalue weighted by atomic mass is 32.2. The molecule has 1 atom stereocenters. The second kappa shape index (κ2) is 4.15. The molecular formula is C11H18O2S. The van der Waals surface area contributed by atoms with Gasteiger partial charge in [-0.05, 0) is 37.5 Å². The zero-order valence-corrected chi connectivity index (χ0v) is 9.48. The molecule has 1 unspecified atom stereocenters. The standard InChI is InChI=1S/C11H18O2S/c1-14-11(5-3-6-11)10(12)9-4-2-7-13-8-9/h8,10,12H,2-7H2,1H3. The van der Waals surface area contributed by atoms with Gasteiger partial charge in [-0.2, -0.15) is 11.8 Å². The van der Waals surface area contributed by atoms with E-state index in [0.717, 1.165) is 37.9 Å². The first-order valence-electron chi connectivity index (χ1n) is 5.32. The van der Waals surface area contributed by atoms with E-state index in [1.54, 1.807) is 6.26 Å². The monoisotopic (exact) mass is 214 g/mol. The summed E-state index contributed by atoms with van der Waals surface area (Å²) in [5.41, 5.74) is 1.10. The van der Waals surface area contributed by atoms with Gasteiger partial charge in [0.1, 0.15) is 0 Å². The zero-order valence-electron chi connectivity index (χ0n) is 8.66. The Kier molecular flexibility index (Phi) is 3.07. The van der Waals surface area contributed by atoms with Crippen LogP contribution >= 0.6 is 11.8 Å². The quantitative estimate of drug-likeness (QED) is 0.782. The molecule has 2 nitrogen and oxygen atoms in total. The summed E-state index contributed by atoms with van der Waals surface area (Å²) < 4.78 is 5.38. The summed E-state index contributed by atoms with van der Waals surface area (Å²) in [7, 11) is 0. The molecule has 1 aliphatic heterocycles. The lowest BCUT2D eigenvalue weighted by molar-refractivity contribution is 0.101. The maximum absolute atomic E-state index is 10.3. The molecule has 0 aromatic heterocycles. The molecule has 1 saturated carbocycles. The van der Waals surface area contributed by atoms with Crippen LogP contribution in [0.3, 0.4) is 0 Å². The molecule has 0 saturated heterocycles. The predicted octanol–water partition coefficient (Wildman–Crippen LogP) is 2.33. The van der Waals surface area contributed by atoms with Gasteiger partial charge in [-0.15, -0.1) is 0 Å². The van der Waals surface area contributed by atoms with Gasteiger partial charge in [0.15, 0.2) is 0 Å². The number of ether oxygens (including phenoxy) is 1. The molecule has 0 radical (unpaired) electrons. The van der Waals surface area contributed by atoms with Gasteiger partial charge in [0.05, 0.1) is 19.0 Å².